The molecule has 0 aliphatic carbocycles. The summed E-state index contributed by atoms with van der Waals surface area (Å²) in [5.74, 6) is -0.959. The molecule has 0 aromatic heterocycles. The fourth-order valence-electron chi connectivity index (χ4n) is 4.16. The Morgan fingerprint density at radius 1 is 1.05 bits per heavy atom. The molecular formula is C30H34N4O5S. The SMILES string of the molecule is CSCCC(NC(=O)OC(C)(C)C)C(=O)N(CC#N)C(C(=O)Nc1ccc2ccccc2c1)c1ccccc1O. The third-order valence-electron chi connectivity index (χ3n) is 5.93. The van der Waals surface area contributed by atoms with Crippen LogP contribution in [0.15, 0.2) is 66.7 Å². The minimum absolute atomic E-state index is 0.144. The first-order chi connectivity index (χ1) is 19.0. The van der Waals surface area contributed by atoms with Crippen molar-refractivity contribution in [3.63, 3.8) is 0 Å². The molecule has 40 heavy (non-hydrogen) atoms. The van der Waals surface area contributed by atoms with E-state index >= 15 is 0 Å². The van der Waals surface area contributed by atoms with E-state index in [0.717, 1.165) is 15.7 Å². The summed E-state index contributed by atoms with van der Waals surface area (Å²) in [6.07, 6.45) is 1.31. The molecule has 3 N–H and O–H groups in total. The Labute approximate surface area is 238 Å². The van der Waals surface area contributed by atoms with Gasteiger partial charge in [0.1, 0.15) is 30.0 Å². The molecule has 2 unspecified atom stereocenters. The van der Waals surface area contributed by atoms with E-state index in [4.69, 9.17) is 4.74 Å². The Morgan fingerprint density at radius 2 is 1.73 bits per heavy atom. The number of phenolic OH excluding ortho intramolecular Hbond substituents is 1. The predicted molar refractivity (Wildman–Crippen MR) is 157 cm³/mol. The van der Waals surface area contributed by atoms with Crippen LogP contribution in [0.4, 0.5) is 10.5 Å². The second-order valence-electron chi connectivity index (χ2n) is 10.1. The number of alkyl carbamates (subject to hydrolysis) is 1. The van der Waals surface area contributed by atoms with Gasteiger partial charge in [-0.3, -0.25) is 9.59 Å². The maximum Gasteiger partial charge on any atom is 0.408 e. The quantitative estimate of drug-likeness (QED) is 0.289. The minimum Gasteiger partial charge on any atom is -0.508 e. The van der Waals surface area contributed by atoms with Crippen LogP contribution in [-0.4, -0.2) is 58.1 Å². The Kier molecular flexibility index (Phi) is 10.4. The monoisotopic (exact) mass is 562 g/mol. The number of nitrogens with one attached hydrogen (secondary N) is 2. The molecule has 9 nitrogen and oxygen atoms in total. The van der Waals surface area contributed by atoms with Gasteiger partial charge in [0.05, 0.1) is 6.07 Å². The molecule has 0 bridgehead atoms. The van der Waals surface area contributed by atoms with Crippen LogP contribution in [0.1, 0.15) is 38.8 Å². The molecule has 0 fully saturated rings. The number of nitriles is 1. The average molecular weight is 563 g/mol. The van der Waals surface area contributed by atoms with Crippen LogP contribution in [-0.2, 0) is 14.3 Å². The van der Waals surface area contributed by atoms with Crippen LogP contribution in [0.3, 0.4) is 0 Å². The van der Waals surface area contributed by atoms with Crippen molar-refractivity contribution in [2.24, 2.45) is 0 Å². The number of amides is 3. The highest BCUT2D eigenvalue weighted by molar-refractivity contribution is 7.98. The molecule has 0 spiro atoms. The molecule has 0 radical (unpaired) electrons. The highest BCUT2D eigenvalue weighted by atomic mass is 32.2. The van der Waals surface area contributed by atoms with Crippen molar-refractivity contribution in [3.05, 3.63) is 72.3 Å². The lowest BCUT2D eigenvalue weighted by Crippen LogP contribution is -2.52. The smallest absolute Gasteiger partial charge is 0.408 e. The lowest BCUT2D eigenvalue weighted by atomic mass is 10.0. The molecule has 3 amide bonds. The largest absolute Gasteiger partial charge is 0.508 e. The molecule has 3 aromatic carbocycles. The van der Waals surface area contributed by atoms with Crippen molar-refractivity contribution in [1.82, 2.24) is 10.2 Å². The summed E-state index contributed by atoms with van der Waals surface area (Å²) in [6, 6.07) is 18.7. The van der Waals surface area contributed by atoms with Gasteiger partial charge in [-0.05, 0) is 68.2 Å². The van der Waals surface area contributed by atoms with Gasteiger partial charge in [0.15, 0.2) is 0 Å². The van der Waals surface area contributed by atoms with Crippen molar-refractivity contribution in [3.8, 4) is 11.8 Å². The summed E-state index contributed by atoms with van der Waals surface area (Å²) in [5, 5.41) is 27.7. The van der Waals surface area contributed by atoms with E-state index in [0.29, 0.717) is 11.4 Å². The van der Waals surface area contributed by atoms with Gasteiger partial charge in [-0.1, -0.05) is 48.5 Å². The highest BCUT2D eigenvalue weighted by Crippen LogP contribution is 2.31. The molecule has 3 aromatic rings. The molecule has 0 aliphatic heterocycles. The van der Waals surface area contributed by atoms with Crippen LogP contribution in [0, 0.1) is 11.3 Å². The number of hydrogen-bond donors (Lipinski definition) is 3. The Balaban J connectivity index is 2.00. The van der Waals surface area contributed by atoms with Crippen LogP contribution >= 0.6 is 11.8 Å². The number of phenols is 1. The molecule has 0 heterocycles. The van der Waals surface area contributed by atoms with Crippen LogP contribution in [0.5, 0.6) is 5.75 Å². The summed E-state index contributed by atoms with van der Waals surface area (Å²) in [5.41, 5.74) is -0.161. The van der Waals surface area contributed by atoms with Crippen molar-refractivity contribution in [1.29, 1.82) is 5.26 Å². The van der Waals surface area contributed by atoms with E-state index in [-0.39, 0.29) is 17.7 Å². The van der Waals surface area contributed by atoms with E-state index in [9.17, 15) is 24.8 Å². The molecule has 210 valence electrons. The zero-order valence-electron chi connectivity index (χ0n) is 23.0. The Hall–Kier alpha value is -4.23. The highest BCUT2D eigenvalue weighted by Gasteiger charge is 2.37. The van der Waals surface area contributed by atoms with E-state index in [1.807, 2.05) is 42.7 Å². The van der Waals surface area contributed by atoms with Gasteiger partial charge >= 0.3 is 6.09 Å². The van der Waals surface area contributed by atoms with Gasteiger partial charge in [-0.25, -0.2) is 4.79 Å². The topological polar surface area (TPSA) is 132 Å². The number of rotatable bonds is 10. The number of para-hydroxylation sites is 1. The normalized spacial score (nSPS) is 12.6. The molecule has 0 saturated heterocycles. The number of ether oxygens (including phenoxy) is 1. The molecule has 2 atom stereocenters. The van der Waals surface area contributed by atoms with E-state index in [1.165, 1.54) is 23.9 Å². The first-order valence-corrected chi connectivity index (χ1v) is 14.2. The van der Waals surface area contributed by atoms with Gasteiger partial charge < -0.3 is 25.4 Å². The number of carbonyl (C=O) groups excluding carboxylic acids is 3. The van der Waals surface area contributed by atoms with Crippen LogP contribution < -0.4 is 10.6 Å². The van der Waals surface area contributed by atoms with Crippen molar-refractivity contribution >= 4 is 46.1 Å². The first kappa shape index (κ1) is 30.3. The summed E-state index contributed by atoms with van der Waals surface area (Å²) >= 11 is 1.48. The van der Waals surface area contributed by atoms with Gasteiger partial charge in [0, 0.05) is 11.3 Å². The fraction of sp³-hybridized carbons (Fsp3) is 0.333. The summed E-state index contributed by atoms with van der Waals surface area (Å²) in [7, 11) is 0. The predicted octanol–water partition coefficient (Wildman–Crippen LogP) is 5.22. The number of fused-ring (bicyclic) bond motifs is 1. The van der Waals surface area contributed by atoms with Crippen molar-refractivity contribution in [2.45, 2.75) is 44.9 Å². The van der Waals surface area contributed by atoms with Gasteiger partial charge in [-0.15, -0.1) is 0 Å². The maximum atomic E-state index is 13.9. The zero-order valence-corrected chi connectivity index (χ0v) is 23.8. The number of hydrogen-bond acceptors (Lipinski definition) is 7. The standard InChI is InChI=1S/C30H34N4O5S/c1-30(2,3)39-29(38)33-24(15-18-40-4)28(37)34(17-16-31)26(23-11-7-8-12-25(23)35)27(36)32-22-14-13-20-9-5-6-10-21(20)19-22/h5-14,19,24,26,35H,15,17-18H2,1-4H3,(H,32,36)(H,33,38). The Morgan fingerprint density at radius 3 is 2.38 bits per heavy atom. The molecule has 3 rings (SSSR count). The molecule has 0 saturated carbocycles. The molecule has 0 aliphatic rings. The lowest BCUT2D eigenvalue weighted by Gasteiger charge is -2.33. The second kappa shape index (κ2) is 13.7. The number of aromatic hydroxyl groups is 1. The average Bonchev–Trinajstić information content (AvgIpc) is 2.90. The molecule has 10 heteroatoms. The first-order valence-electron chi connectivity index (χ1n) is 12.8. The van der Waals surface area contributed by atoms with Crippen LogP contribution in [0.2, 0.25) is 0 Å². The van der Waals surface area contributed by atoms with Gasteiger partial charge in [0.2, 0.25) is 5.91 Å². The third kappa shape index (κ3) is 8.13. The fourth-order valence-corrected chi connectivity index (χ4v) is 4.63. The second-order valence-corrected chi connectivity index (χ2v) is 11.1. The van der Waals surface area contributed by atoms with E-state index < -0.39 is 42.1 Å². The Bertz CT molecular complexity index is 1400. The molecular weight excluding hydrogens is 528 g/mol. The van der Waals surface area contributed by atoms with Crippen molar-refractivity contribution in [2.75, 3.05) is 23.9 Å². The number of benzene rings is 3. The number of carbonyl (C=O) groups is 3. The van der Waals surface area contributed by atoms with Gasteiger partial charge in [0.25, 0.3) is 5.91 Å². The zero-order chi connectivity index (χ0) is 29.3. The lowest BCUT2D eigenvalue weighted by molar-refractivity contribution is -0.140. The van der Waals surface area contributed by atoms with Gasteiger partial charge in [-0.2, -0.15) is 17.0 Å². The summed E-state index contributed by atoms with van der Waals surface area (Å²) < 4.78 is 5.35. The number of thioether (sulfide) groups is 1. The minimum atomic E-state index is -1.36. The van der Waals surface area contributed by atoms with Crippen LogP contribution in [0.25, 0.3) is 10.8 Å². The maximum absolute atomic E-state index is 13.9. The van der Waals surface area contributed by atoms with E-state index in [2.05, 4.69) is 10.6 Å². The summed E-state index contributed by atoms with van der Waals surface area (Å²) in [6.45, 7) is 4.66. The van der Waals surface area contributed by atoms with Crippen molar-refractivity contribution < 1.29 is 24.2 Å². The summed E-state index contributed by atoms with van der Waals surface area (Å²) in [4.78, 5) is 41.4. The number of nitrogens with zero attached hydrogens (tertiary/aromatic N) is 2. The third-order valence-corrected chi connectivity index (χ3v) is 6.58. The van der Waals surface area contributed by atoms with E-state index in [1.54, 1.807) is 45.0 Å². The number of anilines is 1.